The summed E-state index contributed by atoms with van der Waals surface area (Å²) in [4.78, 5) is 9.11. The van der Waals surface area contributed by atoms with Gasteiger partial charge in [0.1, 0.15) is 24.1 Å². The van der Waals surface area contributed by atoms with E-state index in [1.54, 1.807) is 10.9 Å². The highest BCUT2D eigenvalue weighted by molar-refractivity contribution is 5.94. The number of fused-ring (bicyclic) bond motifs is 1. The zero-order valence-electron chi connectivity index (χ0n) is 16.3. The Morgan fingerprint density at radius 3 is 2.37 bits per heavy atom. The van der Waals surface area contributed by atoms with Crippen LogP contribution in [0, 0.1) is 0 Å². The number of ether oxygens (including phenoxy) is 1. The second-order valence-corrected chi connectivity index (χ2v) is 6.79. The van der Waals surface area contributed by atoms with E-state index >= 15 is 0 Å². The Balaban J connectivity index is 1.67. The highest BCUT2D eigenvalue weighted by Gasteiger charge is 2.16. The molecular weight excluding hydrogens is 376 g/mol. The van der Waals surface area contributed by atoms with Crippen molar-refractivity contribution in [1.82, 2.24) is 29.9 Å². The fourth-order valence-electron chi connectivity index (χ4n) is 3.30. The number of hydrogen-bond acceptors (Lipinski definition) is 6. The van der Waals surface area contributed by atoms with E-state index < -0.39 is 0 Å². The van der Waals surface area contributed by atoms with E-state index in [1.807, 2.05) is 73.8 Å². The van der Waals surface area contributed by atoms with E-state index in [0.717, 1.165) is 33.3 Å². The Hall–Kier alpha value is -4.13. The van der Waals surface area contributed by atoms with Gasteiger partial charge in [-0.05, 0) is 11.6 Å². The fraction of sp³-hybridized carbons (Fsp3) is 0.0870. The molecule has 0 bridgehead atoms. The molecule has 3 aromatic heterocycles. The maximum atomic E-state index is 6.13. The summed E-state index contributed by atoms with van der Waals surface area (Å²) in [6, 6.07) is 22.0. The normalized spacial score (nSPS) is 11.0. The van der Waals surface area contributed by atoms with Crippen LogP contribution in [-0.4, -0.2) is 29.9 Å². The second-order valence-electron chi connectivity index (χ2n) is 6.79. The number of benzene rings is 2. The molecule has 0 saturated carbocycles. The fourth-order valence-corrected chi connectivity index (χ4v) is 3.30. The quantitative estimate of drug-likeness (QED) is 0.447. The van der Waals surface area contributed by atoms with Crippen molar-refractivity contribution in [1.29, 1.82) is 0 Å². The van der Waals surface area contributed by atoms with Crippen LogP contribution in [0.4, 0.5) is 0 Å². The predicted octanol–water partition coefficient (Wildman–Crippen LogP) is 4.07. The molecule has 0 radical (unpaired) electrons. The summed E-state index contributed by atoms with van der Waals surface area (Å²) in [5.74, 6) is 1.23. The summed E-state index contributed by atoms with van der Waals surface area (Å²) < 4.78 is 7.82. The van der Waals surface area contributed by atoms with Gasteiger partial charge in [-0.25, -0.2) is 9.97 Å². The summed E-state index contributed by atoms with van der Waals surface area (Å²) in [5.41, 5.74) is 4.31. The molecule has 30 heavy (non-hydrogen) atoms. The molecule has 146 valence electrons. The molecule has 0 N–H and O–H groups in total. The molecule has 0 unspecified atom stereocenters. The molecule has 0 saturated heterocycles. The molecule has 3 heterocycles. The standard InChI is InChI=1S/C23H18N6O/c1-29-20(24-15-26-29)14-30-23-19(16-8-4-2-5-9-16)12-18-13-25-28-22(21(18)27-23)17-10-6-3-7-11-17/h2-13,15H,14H2,1H3. The summed E-state index contributed by atoms with van der Waals surface area (Å²) in [6.07, 6.45) is 3.24. The zero-order chi connectivity index (χ0) is 20.3. The molecule has 0 amide bonds. The third-order valence-corrected chi connectivity index (χ3v) is 4.87. The van der Waals surface area contributed by atoms with Gasteiger partial charge in [0, 0.05) is 23.6 Å². The van der Waals surface area contributed by atoms with Crippen LogP contribution in [0.15, 0.2) is 79.3 Å². The van der Waals surface area contributed by atoms with E-state index in [1.165, 1.54) is 6.33 Å². The number of nitrogens with zero attached hydrogens (tertiary/aromatic N) is 6. The summed E-state index contributed by atoms with van der Waals surface area (Å²) in [7, 11) is 1.83. The highest BCUT2D eigenvalue weighted by atomic mass is 16.5. The number of aryl methyl sites for hydroxylation is 1. The lowest BCUT2D eigenvalue weighted by molar-refractivity contribution is 0.281. The topological polar surface area (TPSA) is 78.6 Å². The molecule has 7 heteroatoms. The molecule has 0 fully saturated rings. The number of hydrogen-bond donors (Lipinski definition) is 0. The van der Waals surface area contributed by atoms with Crippen LogP contribution >= 0.6 is 0 Å². The van der Waals surface area contributed by atoms with E-state index in [2.05, 4.69) is 20.3 Å². The molecule has 0 spiro atoms. The van der Waals surface area contributed by atoms with Crippen molar-refractivity contribution >= 4 is 10.9 Å². The Labute approximate surface area is 173 Å². The smallest absolute Gasteiger partial charge is 0.222 e. The Morgan fingerprint density at radius 1 is 0.933 bits per heavy atom. The first-order valence-electron chi connectivity index (χ1n) is 9.52. The number of pyridine rings is 1. The van der Waals surface area contributed by atoms with Gasteiger partial charge in [-0.1, -0.05) is 60.7 Å². The SMILES string of the molecule is Cn1ncnc1COc1nc2c(-c3ccccc3)nncc2cc1-c1ccccc1. The number of rotatable bonds is 5. The molecule has 0 atom stereocenters. The molecule has 0 aliphatic heterocycles. The third kappa shape index (κ3) is 3.37. The van der Waals surface area contributed by atoms with Gasteiger partial charge < -0.3 is 4.74 Å². The van der Waals surface area contributed by atoms with E-state index in [4.69, 9.17) is 9.72 Å². The van der Waals surface area contributed by atoms with Crippen molar-refractivity contribution in [2.45, 2.75) is 6.61 Å². The Kier molecular flexibility index (Phi) is 4.61. The maximum Gasteiger partial charge on any atom is 0.222 e. The van der Waals surface area contributed by atoms with Crippen molar-refractivity contribution in [3.8, 4) is 28.3 Å². The summed E-state index contributed by atoms with van der Waals surface area (Å²) in [5, 5.41) is 13.5. The minimum atomic E-state index is 0.258. The monoisotopic (exact) mass is 394 g/mol. The van der Waals surface area contributed by atoms with Gasteiger partial charge in [0.2, 0.25) is 5.88 Å². The molecule has 0 aliphatic carbocycles. The summed E-state index contributed by atoms with van der Waals surface area (Å²) in [6.45, 7) is 0.258. The van der Waals surface area contributed by atoms with Crippen LogP contribution in [-0.2, 0) is 13.7 Å². The highest BCUT2D eigenvalue weighted by Crippen LogP contribution is 2.34. The lowest BCUT2D eigenvalue weighted by atomic mass is 10.0. The van der Waals surface area contributed by atoms with Crippen molar-refractivity contribution in [3.05, 3.63) is 85.1 Å². The maximum absolute atomic E-state index is 6.13. The summed E-state index contributed by atoms with van der Waals surface area (Å²) >= 11 is 0. The van der Waals surface area contributed by atoms with Crippen LogP contribution in [0.3, 0.4) is 0 Å². The van der Waals surface area contributed by atoms with Gasteiger partial charge in [-0.2, -0.15) is 10.2 Å². The first-order chi connectivity index (χ1) is 14.8. The van der Waals surface area contributed by atoms with Crippen molar-refractivity contribution in [2.24, 2.45) is 7.05 Å². The third-order valence-electron chi connectivity index (χ3n) is 4.87. The van der Waals surface area contributed by atoms with Gasteiger partial charge in [0.15, 0.2) is 5.82 Å². The van der Waals surface area contributed by atoms with Gasteiger partial charge in [0.25, 0.3) is 0 Å². The molecular formula is C23H18N6O. The van der Waals surface area contributed by atoms with Gasteiger partial charge in [-0.15, -0.1) is 5.10 Å². The first kappa shape index (κ1) is 17.9. The van der Waals surface area contributed by atoms with Crippen molar-refractivity contribution < 1.29 is 4.74 Å². The molecule has 2 aromatic carbocycles. The van der Waals surface area contributed by atoms with Gasteiger partial charge in [-0.3, -0.25) is 4.68 Å². The molecule has 7 nitrogen and oxygen atoms in total. The lowest BCUT2D eigenvalue weighted by Crippen LogP contribution is -2.06. The van der Waals surface area contributed by atoms with Crippen LogP contribution in [0.2, 0.25) is 0 Å². The Morgan fingerprint density at radius 2 is 1.67 bits per heavy atom. The van der Waals surface area contributed by atoms with Crippen LogP contribution in [0.1, 0.15) is 5.82 Å². The zero-order valence-corrected chi connectivity index (χ0v) is 16.3. The minimum Gasteiger partial charge on any atom is -0.469 e. The van der Waals surface area contributed by atoms with Crippen LogP contribution in [0.25, 0.3) is 33.3 Å². The lowest BCUT2D eigenvalue weighted by Gasteiger charge is -2.13. The average molecular weight is 394 g/mol. The molecule has 0 aliphatic rings. The van der Waals surface area contributed by atoms with E-state index in [-0.39, 0.29) is 6.61 Å². The van der Waals surface area contributed by atoms with E-state index in [0.29, 0.717) is 11.7 Å². The first-order valence-corrected chi connectivity index (χ1v) is 9.52. The number of aromatic nitrogens is 6. The molecule has 5 aromatic rings. The largest absolute Gasteiger partial charge is 0.469 e. The van der Waals surface area contributed by atoms with Crippen LogP contribution in [0.5, 0.6) is 5.88 Å². The second kappa shape index (κ2) is 7.71. The van der Waals surface area contributed by atoms with Crippen LogP contribution < -0.4 is 4.74 Å². The Bertz CT molecular complexity index is 1300. The molecule has 5 rings (SSSR count). The van der Waals surface area contributed by atoms with E-state index in [9.17, 15) is 0 Å². The predicted molar refractivity (Wildman–Crippen MR) is 114 cm³/mol. The minimum absolute atomic E-state index is 0.258. The van der Waals surface area contributed by atoms with Crippen molar-refractivity contribution in [3.63, 3.8) is 0 Å². The van der Waals surface area contributed by atoms with Gasteiger partial charge >= 0.3 is 0 Å². The van der Waals surface area contributed by atoms with Gasteiger partial charge in [0.05, 0.1) is 6.20 Å². The average Bonchev–Trinajstić information content (AvgIpc) is 3.22. The van der Waals surface area contributed by atoms with Crippen molar-refractivity contribution in [2.75, 3.05) is 0 Å².